The van der Waals surface area contributed by atoms with Gasteiger partial charge in [-0.25, -0.2) is 0 Å². The van der Waals surface area contributed by atoms with E-state index in [2.05, 4.69) is 31.0 Å². The Hall–Kier alpha value is -0.0800. The molecule has 0 aromatic rings. The Kier molecular flexibility index (Phi) is 4.26. The summed E-state index contributed by atoms with van der Waals surface area (Å²) in [5, 5.41) is 3.61. The molecule has 0 radical (unpaired) electrons. The molecular weight excluding hydrogens is 196 g/mol. The highest BCUT2D eigenvalue weighted by Crippen LogP contribution is 2.30. The molecule has 0 aromatic carbocycles. The Morgan fingerprint density at radius 3 is 2.38 bits per heavy atom. The summed E-state index contributed by atoms with van der Waals surface area (Å²) >= 11 is 0. The quantitative estimate of drug-likeness (QED) is 0.792. The molecule has 1 aliphatic carbocycles. The van der Waals surface area contributed by atoms with Crippen LogP contribution >= 0.6 is 0 Å². The van der Waals surface area contributed by atoms with Gasteiger partial charge in [0.15, 0.2) is 0 Å². The summed E-state index contributed by atoms with van der Waals surface area (Å²) in [6.07, 6.45) is 5.61. The molecule has 0 amide bonds. The predicted molar refractivity (Wildman–Crippen MR) is 69.6 cm³/mol. The average Bonchev–Trinajstić information content (AvgIpc) is 2.65. The Balaban J connectivity index is 1.84. The van der Waals surface area contributed by atoms with Gasteiger partial charge in [-0.1, -0.05) is 20.8 Å². The van der Waals surface area contributed by atoms with Crippen molar-refractivity contribution in [1.29, 1.82) is 0 Å². The van der Waals surface area contributed by atoms with Crippen LogP contribution in [0.25, 0.3) is 0 Å². The molecule has 1 aliphatic heterocycles. The van der Waals surface area contributed by atoms with Crippen LogP contribution in [0.4, 0.5) is 0 Å². The summed E-state index contributed by atoms with van der Waals surface area (Å²) in [5.74, 6) is 1.81. The van der Waals surface area contributed by atoms with Crippen molar-refractivity contribution in [3.8, 4) is 0 Å². The number of piperidine rings is 1. The van der Waals surface area contributed by atoms with Gasteiger partial charge in [0.1, 0.15) is 0 Å². The second-order valence-corrected chi connectivity index (χ2v) is 6.12. The van der Waals surface area contributed by atoms with Crippen LogP contribution in [0.3, 0.4) is 0 Å². The molecule has 0 aromatic heterocycles. The summed E-state index contributed by atoms with van der Waals surface area (Å²) in [7, 11) is 0. The van der Waals surface area contributed by atoms with Crippen molar-refractivity contribution in [2.24, 2.45) is 11.8 Å². The maximum Gasteiger partial charge on any atom is 0.0111 e. The van der Waals surface area contributed by atoms with E-state index in [0.717, 1.165) is 30.5 Å². The van der Waals surface area contributed by atoms with E-state index >= 15 is 0 Å². The Morgan fingerprint density at radius 1 is 1.06 bits per heavy atom. The minimum absolute atomic E-state index is 0.794. The highest BCUT2D eigenvalue weighted by atomic mass is 15.2. The van der Waals surface area contributed by atoms with Gasteiger partial charge >= 0.3 is 0 Å². The lowest BCUT2D eigenvalue weighted by atomic mass is 9.90. The van der Waals surface area contributed by atoms with Crippen molar-refractivity contribution < 1.29 is 0 Å². The highest BCUT2D eigenvalue weighted by molar-refractivity contribution is 4.89. The van der Waals surface area contributed by atoms with Crippen molar-refractivity contribution in [3.05, 3.63) is 0 Å². The number of nitrogens with one attached hydrogen (secondary N) is 1. The smallest absolute Gasteiger partial charge is 0.0111 e. The first-order valence-electron chi connectivity index (χ1n) is 7.16. The van der Waals surface area contributed by atoms with Crippen LogP contribution in [0.5, 0.6) is 0 Å². The molecule has 1 N–H and O–H groups in total. The highest BCUT2D eigenvalue weighted by Gasteiger charge is 2.32. The fraction of sp³-hybridized carbons (Fsp3) is 1.00. The monoisotopic (exact) mass is 224 g/mol. The van der Waals surface area contributed by atoms with E-state index in [4.69, 9.17) is 0 Å². The molecule has 16 heavy (non-hydrogen) atoms. The summed E-state index contributed by atoms with van der Waals surface area (Å²) in [6.45, 7) is 10.9. The third-order valence-corrected chi connectivity index (χ3v) is 4.31. The molecule has 4 unspecified atom stereocenters. The van der Waals surface area contributed by atoms with Gasteiger partial charge in [-0.05, 0) is 44.1 Å². The zero-order valence-electron chi connectivity index (χ0n) is 11.2. The molecule has 2 fully saturated rings. The van der Waals surface area contributed by atoms with E-state index in [-0.39, 0.29) is 0 Å². The summed E-state index contributed by atoms with van der Waals surface area (Å²) in [4.78, 5) is 2.77. The van der Waals surface area contributed by atoms with Crippen molar-refractivity contribution in [1.82, 2.24) is 10.2 Å². The predicted octanol–water partition coefficient (Wildman–Crippen LogP) is 2.49. The normalized spacial score (nSPS) is 41.4. The van der Waals surface area contributed by atoms with Crippen LogP contribution in [0.15, 0.2) is 0 Å². The van der Waals surface area contributed by atoms with Gasteiger partial charge in [0.2, 0.25) is 0 Å². The number of likely N-dealkylation sites (tertiary alicyclic amines) is 1. The second-order valence-electron chi connectivity index (χ2n) is 6.12. The van der Waals surface area contributed by atoms with E-state index in [1.54, 1.807) is 0 Å². The molecule has 2 heteroatoms. The van der Waals surface area contributed by atoms with Crippen molar-refractivity contribution in [2.75, 3.05) is 19.6 Å². The largest absolute Gasteiger partial charge is 0.314 e. The maximum atomic E-state index is 3.61. The fourth-order valence-corrected chi connectivity index (χ4v) is 3.77. The van der Waals surface area contributed by atoms with Crippen LogP contribution < -0.4 is 5.32 Å². The van der Waals surface area contributed by atoms with Crippen molar-refractivity contribution >= 4 is 0 Å². The third kappa shape index (κ3) is 2.98. The first kappa shape index (κ1) is 12.4. The molecule has 1 heterocycles. The standard InChI is InChI=1S/C14H28N2/c1-4-15-13-5-6-14(8-13)16-9-11(2)7-12(3)10-16/h11-15H,4-10H2,1-3H3. The van der Waals surface area contributed by atoms with Gasteiger partial charge in [0.25, 0.3) is 0 Å². The van der Waals surface area contributed by atoms with Gasteiger partial charge in [-0.2, -0.15) is 0 Å². The molecule has 0 spiro atoms. The zero-order chi connectivity index (χ0) is 11.5. The number of hydrogen-bond acceptors (Lipinski definition) is 2. The van der Waals surface area contributed by atoms with Crippen LogP contribution in [-0.4, -0.2) is 36.6 Å². The molecule has 1 saturated heterocycles. The summed E-state index contributed by atoms with van der Waals surface area (Å²) in [6, 6.07) is 1.66. The van der Waals surface area contributed by atoms with Gasteiger partial charge in [-0.3, -0.25) is 4.90 Å². The van der Waals surface area contributed by atoms with Gasteiger partial charge < -0.3 is 5.32 Å². The van der Waals surface area contributed by atoms with Gasteiger partial charge in [0.05, 0.1) is 0 Å². The third-order valence-electron chi connectivity index (χ3n) is 4.31. The fourth-order valence-electron chi connectivity index (χ4n) is 3.77. The Bertz CT molecular complexity index is 207. The summed E-state index contributed by atoms with van der Waals surface area (Å²) < 4.78 is 0. The van der Waals surface area contributed by atoms with Crippen molar-refractivity contribution in [2.45, 2.75) is 58.5 Å². The maximum absolute atomic E-state index is 3.61. The molecule has 94 valence electrons. The molecular formula is C14H28N2. The second kappa shape index (κ2) is 5.50. The first-order valence-corrected chi connectivity index (χ1v) is 7.16. The molecule has 2 rings (SSSR count). The molecule has 0 bridgehead atoms. The number of hydrogen-bond donors (Lipinski definition) is 1. The SMILES string of the molecule is CCNC1CCC(N2CC(C)CC(C)C2)C1. The number of nitrogens with zero attached hydrogens (tertiary/aromatic N) is 1. The Labute approximate surface area is 101 Å². The Morgan fingerprint density at radius 2 is 1.75 bits per heavy atom. The van der Waals surface area contributed by atoms with E-state index in [0.29, 0.717) is 0 Å². The van der Waals surface area contributed by atoms with Crippen LogP contribution in [0.2, 0.25) is 0 Å². The lowest BCUT2D eigenvalue weighted by molar-refractivity contribution is 0.0966. The minimum Gasteiger partial charge on any atom is -0.314 e. The minimum atomic E-state index is 0.794. The molecule has 4 atom stereocenters. The van der Waals surface area contributed by atoms with E-state index in [1.165, 1.54) is 38.8 Å². The lowest BCUT2D eigenvalue weighted by Crippen LogP contribution is -2.44. The van der Waals surface area contributed by atoms with Gasteiger partial charge in [-0.15, -0.1) is 0 Å². The zero-order valence-corrected chi connectivity index (χ0v) is 11.2. The van der Waals surface area contributed by atoms with E-state index in [9.17, 15) is 0 Å². The van der Waals surface area contributed by atoms with Crippen molar-refractivity contribution in [3.63, 3.8) is 0 Å². The van der Waals surface area contributed by atoms with Crippen LogP contribution in [-0.2, 0) is 0 Å². The van der Waals surface area contributed by atoms with Crippen LogP contribution in [0, 0.1) is 11.8 Å². The molecule has 2 aliphatic rings. The van der Waals surface area contributed by atoms with Crippen LogP contribution in [0.1, 0.15) is 46.5 Å². The lowest BCUT2D eigenvalue weighted by Gasteiger charge is -2.39. The molecule has 2 nitrogen and oxygen atoms in total. The van der Waals surface area contributed by atoms with Gasteiger partial charge in [0, 0.05) is 25.2 Å². The van der Waals surface area contributed by atoms with E-state index in [1.807, 2.05) is 0 Å². The summed E-state index contributed by atoms with van der Waals surface area (Å²) in [5.41, 5.74) is 0. The van der Waals surface area contributed by atoms with E-state index < -0.39 is 0 Å². The average molecular weight is 224 g/mol. The first-order chi connectivity index (χ1) is 7.69. The molecule has 1 saturated carbocycles. The topological polar surface area (TPSA) is 15.3 Å². The number of rotatable bonds is 3.